The Kier molecular flexibility index (Phi) is 8.27. The van der Waals surface area contributed by atoms with E-state index in [4.69, 9.17) is 0 Å². The van der Waals surface area contributed by atoms with Crippen LogP contribution in [0.2, 0.25) is 0 Å². The van der Waals surface area contributed by atoms with Crippen LogP contribution in [0.15, 0.2) is 182 Å². The zero-order valence-electron chi connectivity index (χ0n) is 31.0. The van der Waals surface area contributed by atoms with Crippen LogP contribution in [0.3, 0.4) is 0 Å². The van der Waals surface area contributed by atoms with E-state index in [9.17, 15) is 15.6 Å². The SMILES string of the molecule is N#Cc1ccccc1-c1ccc2c3ccc(-c4ccccc4C#N)cc3n(-c3cccc4c3C(=O)N(c3c(-c5ccccc5)cccc3-c3ccccc3)C4O)c2c1. The van der Waals surface area contributed by atoms with Crippen molar-refractivity contribution in [1.82, 2.24) is 4.57 Å². The fourth-order valence-corrected chi connectivity index (χ4v) is 8.57. The summed E-state index contributed by atoms with van der Waals surface area (Å²) in [5, 5.41) is 34.4. The number of fused-ring (bicyclic) bond motifs is 4. The second-order valence-electron chi connectivity index (χ2n) is 14.3. The van der Waals surface area contributed by atoms with Crippen LogP contribution >= 0.6 is 0 Å². The van der Waals surface area contributed by atoms with Gasteiger partial charge >= 0.3 is 0 Å². The molecule has 1 aliphatic rings. The maximum Gasteiger partial charge on any atom is 0.263 e. The number of hydrogen-bond donors (Lipinski definition) is 1. The molecule has 0 spiro atoms. The van der Waals surface area contributed by atoms with E-state index in [1.54, 1.807) is 0 Å². The lowest BCUT2D eigenvalue weighted by Crippen LogP contribution is -2.29. The Balaban J connectivity index is 1.24. The van der Waals surface area contributed by atoms with Gasteiger partial charge in [-0.2, -0.15) is 10.5 Å². The number of aromatic nitrogens is 1. The minimum atomic E-state index is -1.28. The number of benzene rings is 8. The molecule has 0 saturated heterocycles. The first-order chi connectivity index (χ1) is 28.6. The van der Waals surface area contributed by atoms with Gasteiger partial charge in [0, 0.05) is 27.5 Å². The van der Waals surface area contributed by atoms with Crippen molar-refractivity contribution in [2.75, 3.05) is 4.90 Å². The number of carbonyl (C=O) groups is 1. The van der Waals surface area contributed by atoms with E-state index < -0.39 is 6.23 Å². The molecule has 1 aromatic heterocycles. The fraction of sp³-hybridized carbons (Fsp3) is 0.0192. The highest BCUT2D eigenvalue weighted by atomic mass is 16.3. The van der Waals surface area contributed by atoms with E-state index in [0.29, 0.717) is 33.6 Å². The summed E-state index contributed by atoms with van der Waals surface area (Å²) < 4.78 is 2.09. The molecule has 6 heteroatoms. The molecule has 0 fully saturated rings. The molecule has 58 heavy (non-hydrogen) atoms. The first-order valence-corrected chi connectivity index (χ1v) is 19.0. The highest BCUT2D eigenvalue weighted by Gasteiger charge is 2.41. The summed E-state index contributed by atoms with van der Waals surface area (Å²) in [6, 6.07) is 63.5. The maximum absolute atomic E-state index is 15.4. The van der Waals surface area contributed by atoms with Crippen LogP contribution in [0.5, 0.6) is 0 Å². The lowest BCUT2D eigenvalue weighted by molar-refractivity contribution is 0.0935. The van der Waals surface area contributed by atoms with E-state index in [0.717, 1.165) is 66.3 Å². The Morgan fingerprint density at radius 3 is 1.47 bits per heavy atom. The molecule has 9 aromatic rings. The maximum atomic E-state index is 15.4. The van der Waals surface area contributed by atoms with Crippen molar-refractivity contribution in [1.29, 1.82) is 10.5 Å². The second-order valence-corrected chi connectivity index (χ2v) is 14.3. The van der Waals surface area contributed by atoms with E-state index in [2.05, 4.69) is 41.0 Å². The summed E-state index contributed by atoms with van der Waals surface area (Å²) >= 11 is 0. The van der Waals surface area contributed by atoms with Gasteiger partial charge in [-0.3, -0.25) is 9.69 Å². The van der Waals surface area contributed by atoms with Gasteiger partial charge in [-0.15, -0.1) is 0 Å². The smallest absolute Gasteiger partial charge is 0.263 e. The Morgan fingerprint density at radius 1 is 0.483 bits per heavy atom. The van der Waals surface area contributed by atoms with Crippen molar-refractivity contribution in [2.24, 2.45) is 0 Å². The third-order valence-corrected chi connectivity index (χ3v) is 11.2. The van der Waals surface area contributed by atoms with E-state index in [-0.39, 0.29) is 5.91 Å². The van der Waals surface area contributed by atoms with Crippen molar-refractivity contribution < 1.29 is 9.90 Å². The van der Waals surface area contributed by atoms with Crippen LogP contribution in [0.25, 0.3) is 72.0 Å². The van der Waals surface area contributed by atoms with Gasteiger partial charge in [-0.05, 0) is 63.7 Å². The molecule has 1 aliphatic heterocycles. The van der Waals surface area contributed by atoms with Crippen LogP contribution in [-0.2, 0) is 0 Å². The molecule has 2 heterocycles. The second kappa shape index (κ2) is 13.9. The summed E-state index contributed by atoms with van der Waals surface area (Å²) in [5.41, 5.74) is 11.7. The van der Waals surface area contributed by atoms with Crippen molar-refractivity contribution in [3.63, 3.8) is 0 Å². The number of hydrogen-bond acceptors (Lipinski definition) is 4. The van der Waals surface area contributed by atoms with Gasteiger partial charge in [-0.25, -0.2) is 0 Å². The van der Waals surface area contributed by atoms with E-state index >= 15 is 4.79 Å². The Morgan fingerprint density at radius 2 is 0.948 bits per heavy atom. The van der Waals surface area contributed by atoms with Gasteiger partial charge in [0.15, 0.2) is 6.23 Å². The number of aliphatic hydroxyl groups excluding tert-OH is 1. The van der Waals surface area contributed by atoms with Crippen LogP contribution in [-0.4, -0.2) is 15.6 Å². The molecule has 8 aromatic carbocycles. The van der Waals surface area contributed by atoms with Crippen LogP contribution < -0.4 is 4.90 Å². The quantitative estimate of drug-likeness (QED) is 0.183. The van der Waals surface area contributed by atoms with Crippen molar-refractivity contribution in [2.45, 2.75) is 6.23 Å². The Labute approximate surface area is 335 Å². The topological polar surface area (TPSA) is 93.0 Å². The summed E-state index contributed by atoms with van der Waals surface area (Å²) in [6.07, 6.45) is -1.28. The van der Waals surface area contributed by atoms with Gasteiger partial charge in [0.2, 0.25) is 0 Å². The lowest BCUT2D eigenvalue weighted by atomic mass is 9.95. The molecular weight excluding hydrogens is 713 g/mol. The molecule has 1 N–H and O–H groups in total. The van der Waals surface area contributed by atoms with Gasteiger partial charge in [-0.1, -0.05) is 152 Å². The average Bonchev–Trinajstić information content (AvgIpc) is 3.75. The zero-order valence-corrected chi connectivity index (χ0v) is 31.0. The number of rotatable bonds is 6. The fourth-order valence-electron chi connectivity index (χ4n) is 8.57. The first-order valence-electron chi connectivity index (χ1n) is 19.0. The van der Waals surface area contributed by atoms with Crippen LogP contribution in [0.4, 0.5) is 5.69 Å². The molecule has 272 valence electrons. The molecule has 0 saturated carbocycles. The average molecular weight is 745 g/mol. The molecule has 1 amide bonds. The van der Waals surface area contributed by atoms with Gasteiger partial charge in [0.1, 0.15) is 0 Å². The summed E-state index contributed by atoms with van der Waals surface area (Å²) in [4.78, 5) is 16.9. The minimum Gasteiger partial charge on any atom is -0.369 e. The molecule has 1 atom stereocenters. The number of nitrogens with zero attached hydrogens (tertiary/aromatic N) is 4. The van der Waals surface area contributed by atoms with Gasteiger partial charge < -0.3 is 9.67 Å². The van der Waals surface area contributed by atoms with Crippen molar-refractivity contribution >= 4 is 33.4 Å². The van der Waals surface area contributed by atoms with Crippen molar-refractivity contribution in [3.8, 4) is 62.3 Å². The number of nitriles is 2. The molecule has 0 bridgehead atoms. The Bertz CT molecular complexity index is 3020. The van der Waals surface area contributed by atoms with Crippen LogP contribution in [0.1, 0.15) is 33.3 Å². The summed E-state index contributed by atoms with van der Waals surface area (Å²) in [5.74, 6) is -0.328. The Hall–Kier alpha value is -8.03. The van der Waals surface area contributed by atoms with E-state index in [1.165, 1.54) is 4.90 Å². The predicted molar refractivity (Wildman–Crippen MR) is 230 cm³/mol. The lowest BCUT2D eigenvalue weighted by Gasteiger charge is -2.27. The number of anilines is 1. The normalized spacial score (nSPS) is 13.4. The number of amides is 1. The number of carbonyl (C=O) groups excluding carboxylic acids is 1. The third-order valence-electron chi connectivity index (χ3n) is 11.2. The third kappa shape index (κ3) is 5.40. The van der Waals surface area contributed by atoms with Gasteiger partial charge in [0.05, 0.1) is 51.2 Å². The largest absolute Gasteiger partial charge is 0.369 e. The zero-order chi connectivity index (χ0) is 39.3. The van der Waals surface area contributed by atoms with Gasteiger partial charge in [0.25, 0.3) is 5.91 Å². The monoisotopic (exact) mass is 744 g/mol. The molecule has 10 rings (SSSR count). The molecule has 0 radical (unpaired) electrons. The summed E-state index contributed by atoms with van der Waals surface area (Å²) in [6.45, 7) is 0. The highest BCUT2D eigenvalue weighted by Crippen LogP contribution is 2.48. The number of para-hydroxylation sites is 1. The first kappa shape index (κ1) is 34.5. The summed E-state index contributed by atoms with van der Waals surface area (Å²) in [7, 11) is 0. The molecule has 1 unspecified atom stereocenters. The molecule has 0 aliphatic carbocycles. The molecule has 6 nitrogen and oxygen atoms in total. The molecular formula is C52H32N4O2. The minimum absolute atomic E-state index is 0.328. The predicted octanol–water partition coefficient (Wildman–Crippen LogP) is 11.8. The highest BCUT2D eigenvalue weighted by molar-refractivity contribution is 6.18. The van der Waals surface area contributed by atoms with Crippen LogP contribution in [0, 0.1) is 22.7 Å². The van der Waals surface area contributed by atoms with E-state index in [1.807, 2.05) is 158 Å². The van der Waals surface area contributed by atoms with Crippen molar-refractivity contribution in [3.05, 3.63) is 204 Å². The standard InChI is InChI=1S/C52H32N4O2/c53-31-37-17-7-9-19-39(37)35-25-27-43-44-28-26-36(40-20-10-8-18-38(40)32-54)30-48(44)55(47(43)29-35)46-24-12-23-45-49(46)52(58)56(51(45)57)50-41(33-13-3-1-4-14-33)21-11-22-42(50)34-15-5-2-6-16-34/h1-30,51,57H. The number of aliphatic hydroxyl groups is 1.